The van der Waals surface area contributed by atoms with E-state index in [1.54, 1.807) is 37.6 Å². The standard InChI is InChI=1S/C24H29N3O2S2/c1-18-9-13-20(14-10-18)25-24-27(21-7-5-4-6-8-21)23(17-30-24)19-11-15-22(16-12-19)31(28,29)26(2)3/h9-17,21H,4-8H2,1-3H3. The second kappa shape index (κ2) is 9.10. The summed E-state index contributed by atoms with van der Waals surface area (Å²) in [5, 5.41) is 2.15. The van der Waals surface area contributed by atoms with Gasteiger partial charge in [-0.2, -0.15) is 0 Å². The Hall–Kier alpha value is -2.22. The van der Waals surface area contributed by atoms with Gasteiger partial charge < -0.3 is 4.57 Å². The van der Waals surface area contributed by atoms with Gasteiger partial charge in [-0.15, -0.1) is 11.3 Å². The van der Waals surface area contributed by atoms with E-state index in [9.17, 15) is 8.42 Å². The van der Waals surface area contributed by atoms with E-state index in [0.29, 0.717) is 10.9 Å². The van der Waals surface area contributed by atoms with Gasteiger partial charge in [-0.1, -0.05) is 49.1 Å². The second-order valence-electron chi connectivity index (χ2n) is 8.32. The van der Waals surface area contributed by atoms with Crippen molar-refractivity contribution in [2.45, 2.75) is 50.0 Å². The highest BCUT2D eigenvalue weighted by Crippen LogP contribution is 2.33. The summed E-state index contributed by atoms with van der Waals surface area (Å²) in [6.07, 6.45) is 6.06. The molecular formula is C24H29N3O2S2. The van der Waals surface area contributed by atoms with Gasteiger partial charge in [0.15, 0.2) is 4.80 Å². The Balaban J connectivity index is 1.79. The first-order valence-electron chi connectivity index (χ1n) is 10.7. The molecule has 0 bridgehead atoms. The summed E-state index contributed by atoms with van der Waals surface area (Å²) in [4.78, 5) is 6.27. The summed E-state index contributed by atoms with van der Waals surface area (Å²) < 4.78 is 28.5. The van der Waals surface area contributed by atoms with Crippen molar-refractivity contribution in [2.24, 2.45) is 4.99 Å². The Morgan fingerprint density at radius 2 is 1.61 bits per heavy atom. The number of hydrogen-bond acceptors (Lipinski definition) is 4. The van der Waals surface area contributed by atoms with Crippen LogP contribution in [0.5, 0.6) is 0 Å². The Bertz CT molecular complexity index is 1200. The molecule has 0 unspecified atom stereocenters. The second-order valence-corrected chi connectivity index (χ2v) is 11.3. The Labute approximate surface area is 188 Å². The highest BCUT2D eigenvalue weighted by molar-refractivity contribution is 7.89. The molecule has 4 rings (SSSR count). The summed E-state index contributed by atoms with van der Waals surface area (Å²) >= 11 is 1.65. The van der Waals surface area contributed by atoms with Gasteiger partial charge in [-0.3, -0.25) is 0 Å². The van der Waals surface area contributed by atoms with Gasteiger partial charge in [0, 0.05) is 25.5 Å². The van der Waals surface area contributed by atoms with E-state index in [1.807, 2.05) is 12.1 Å². The molecule has 7 heteroatoms. The summed E-state index contributed by atoms with van der Waals surface area (Å²) in [6.45, 7) is 2.08. The SMILES string of the molecule is Cc1ccc(N=c2scc(-c3ccc(S(=O)(=O)N(C)C)cc3)n2C2CCCCC2)cc1. The molecule has 2 aromatic carbocycles. The maximum atomic E-state index is 12.4. The number of thiazole rings is 1. The largest absolute Gasteiger partial charge is 0.313 e. The van der Waals surface area contributed by atoms with Crippen LogP contribution in [-0.2, 0) is 10.0 Å². The summed E-state index contributed by atoms with van der Waals surface area (Å²) in [5.74, 6) is 0. The first-order chi connectivity index (χ1) is 14.9. The third-order valence-electron chi connectivity index (χ3n) is 5.87. The van der Waals surface area contributed by atoms with Crippen LogP contribution in [0.4, 0.5) is 5.69 Å². The molecule has 31 heavy (non-hydrogen) atoms. The van der Waals surface area contributed by atoms with Crippen LogP contribution in [0.15, 0.2) is 63.8 Å². The predicted octanol–water partition coefficient (Wildman–Crippen LogP) is 5.51. The number of aryl methyl sites for hydroxylation is 1. The number of benzene rings is 2. The van der Waals surface area contributed by atoms with Crippen molar-refractivity contribution in [3.05, 3.63) is 64.3 Å². The van der Waals surface area contributed by atoms with E-state index < -0.39 is 10.0 Å². The fraction of sp³-hybridized carbons (Fsp3) is 0.375. The molecular weight excluding hydrogens is 426 g/mol. The highest BCUT2D eigenvalue weighted by atomic mass is 32.2. The lowest BCUT2D eigenvalue weighted by Crippen LogP contribution is -2.24. The smallest absolute Gasteiger partial charge is 0.242 e. The molecule has 0 spiro atoms. The summed E-state index contributed by atoms with van der Waals surface area (Å²) in [6, 6.07) is 15.9. The molecule has 1 saturated carbocycles. The van der Waals surface area contributed by atoms with Gasteiger partial charge in [0.1, 0.15) is 0 Å². The molecule has 3 aromatic rings. The first kappa shape index (κ1) is 22.0. The monoisotopic (exact) mass is 455 g/mol. The highest BCUT2D eigenvalue weighted by Gasteiger charge is 2.21. The minimum absolute atomic E-state index is 0.310. The van der Waals surface area contributed by atoms with E-state index in [2.05, 4.69) is 41.1 Å². The molecule has 1 aromatic heterocycles. The number of sulfonamides is 1. The molecule has 0 amide bonds. The molecule has 1 aliphatic rings. The lowest BCUT2D eigenvalue weighted by molar-refractivity contribution is 0.351. The van der Waals surface area contributed by atoms with Crippen LogP contribution in [0.1, 0.15) is 43.7 Å². The molecule has 0 atom stereocenters. The number of aromatic nitrogens is 1. The molecule has 164 valence electrons. The normalized spacial score (nSPS) is 16.2. The van der Waals surface area contributed by atoms with E-state index in [4.69, 9.17) is 4.99 Å². The number of nitrogens with zero attached hydrogens (tertiary/aromatic N) is 3. The molecule has 1 aliphatic carbocycles. The molecule has 0 aliphatic heterocycles. The van der Waals surface area contributed by atoms with Gasteiger partial charge in [-0.25, -0.2) is 17.7 Å². The summed E-state index contributed by atoms with van der Waals surface area (Å²) in [7, 11) is -0.328. The lowest BCUT2D eigenvalue weighted by atomic mass is 9.95. The third-order valence-corrected chi connectivity index (χ3v) is 8.54. The quantitative estimate of drug-likeness (QED) is 0.509. The van der Waals surface area contributed by atoms with Crippen LogP contribution in [-0.4, -0.2) is 31.4 Å². The van der Waals surface area contributed by atoms with Crippen LogP contribution in [0.3, 0.4) is 0 Å². The first-order valence-corrected chi connectivity index (χ1v) is 13.0. The average molecular weight is 456 g/mol. The van der Waals surface area contributed by atoms with E-state index >= 15 is 0 Å². The zero-order valence-corrected chi connectivity index (χ0v) is 19.9. The minimum Gasteiger partial charge on any atom is -0.313 e. The molecule has 0 saturated heterocycles. The minimum atomic E-state index is -3.43. The van der Waals surface area contributed by atoms with Crippen molar-refractivity contribution < 1.29 is 8.42 Å². The maximum absolute atomic E-state index is 12.4. The van der Waals surface area contributed by atoms with E-state index in [0.717, 1.165) is 34.6 Å². The molecule has 5 nitrogen and oxygen atoms in total. The average Bonchev–Trinajstić information content (AvgIpc) is 3.19. The van der Waals surface area contributed by atoms with Crippen molar-refractivity contribution in [3.63, 3.8) is 0 Å². The van der Waals surface area contributed by atoms with Gasteiger partial charge in [-0.05, 0) is 49.6 Å². The van der Waals surface area contributed by atoms with Crippen LogP contribution in [0, 0.1) is 6.92 Å². The Morgan fingerprint density at radius 3 is 2.23 bits per heavy atom. The zero-order valence-electron chi connectivity index (χ0n) is 18.3. The van der Waals surface area contributed by atoms with Crippen LogP contribution >= 0.6 is 11.3 Å². The lowest BCUT2D eigenvalue weighted by Gasteiger charge is -2.25. The van der Waals surface area contributed by atoms with Crippen LogP contribution in [0.2, 0.25) is 0 Å². The van der Waals surface area contributed by atoms with Gasteiger partial charge in [0.25, 0.3) is 0 Å². The maximum Gasteiger partial charge on any atom is 0.242 e. The van der Waals surface area contributed by atoms with Crippen molar-refractivity contribution in [1.82, 2.24) is 8.87 Å². The Kier molecular flexibility index (Phi) is 6.46. The molecule has 0 N–H and O–H groups in total. The summed E-state index contributed by atoms with van der Waals surface area (Å²) in [5.41, 5.74) is 4.30. The van der Waals surface area contributed by atoms with Crippen molar-refractivity contribution in [3.8, 4) is 11.3 Å². The zero-order chi connectivity index (χ0) is 22.0. The van der Waals surface area contributed by atoms with Gasteiger partial charge in [0.2, 0.25) is 10.0 Å². The van der Waals surface area contributed by atoms with Gasteiger partial charge in [0.05, 0.1) is 16.3 Å². The Morgan fingerprint density at radius 1 is 0.968 bits per heavy atom. The fourth-order valence-corrected chi connectivity index (χ4v) is 5.93. The molecule has 1 heterocycles. The van der Waals surface area contributed by atoms with Gasteiger partial charge >= 0.3 is 0 Å². The molecule has 1 fully saturated rings. The van der Waals surface area contributed by atoms with E-state index in [-0.39, 0.29) is 0 Å². The number of rotatable bonds is 5. The van der Waals surface area contributed by atoms with Crippen molar-refractivity contribution in [2.75, 3.05) is 14.1 Å². The fourth-order valence-electron chi connectivity index (χ4n) is 4.04. The topological polar surface area (TPSA) is 54.7 Å². The third kappa shape index (κ3) is 4.68. The van der Waals surface area contributed by atoms with E-state index in [1.165, 1.54) is 29.1 Å². The van der Waals surface area contributed by atoms with Crippen LogP contribution in [0.25, 0.3) is 11.3 Å². The van der Waals surface area contributed by atoms with Crippen molar-refractivity contribution >= 4 is 27.0 Å². The number of hydrogen-bond donors (Lipinski definition) is 0. The van der Waals surface area contributed by atoms with Crippen molar-refractivity contribution in [1.29, 1.82) is 0 Å². The molecule has 0 radical (unpaired) electrons. The predicted molar refractivity (Wildman–Crippen MR) is 127 cm³/mol. The van der Waals surface area contributed by atoms with Crippen LogP contribution < -0.4 is 4.80 Å².